The molecule has 0 bridgehead atoms. The maximum atomic E-state index is 11.9. The summed E-state index contributed by atoms with van der Waals surface area (Å²) in [4.78, 5) is 19.6. The third-order valence-corrected chi connectivity index (χ3v) is 2.42. The minimum Gasteiger partial charge on any atom is -0.462 e. The standard InChI is InChI=1S/C13H14N4O2/c1-2-19-13(18)10-4-3-5-11(14)12(10)17-9-6-15-8-16-7-9/h3-8,17H,2,14H2,1H3. The molecule has 6 nitrogen and oxygen atoms in total. The van der Waals surface area contributed by atoms with Crippen LogP contribution in [-0.2, 0) is 4.74 Å². The van der Waals surface area contributed by atoms with E-state index < -0.39 is 5.97 Å². The maximum absolute atomic E-state index is 11.9. The molecule has 0 fully saturated rings. The molecule has 0 aliphatic heterocycles. The van der Waals surface area contributed by atoms with Crippen LogP contribution in [0, 0.1) is 0 Å². The molecular weight excluding hydrogens is 244 g/mol. The fraction of sp³-hybridized carbons (Fsp3) is 0.154. The number of anilines is 3. The topological polar surface area (TPSA) is 90.1 Å². The zero-order valence-electron chi connectivity index (χ0n) is 10.5. The Morgan fingerprint density at radius 2 is 2.11 bits per heavy atom. The van der Waals surface area contributed by atoms with E-state index in [0.717, 1.165) is 0 Å². The van der Waals surface area contributed by atoms with E-state index in [0.29, 0.717) is 29.2 Å². The number of nitrogens with zero attached hydrogens (tertiary/aromatic N) is 2. The Kier molecular flexibility index (Phi) is 3.92. The molecule has 1 aromatic heterocycles. The second-order valence-corrected chi connectivity index (χ2v) is 3.74. The average Bonchev–Trinajstić information content (AvgIpc) is 2.42. The minimum absolute atomic E-state index is 0.307. The van der Waals surface area contributed by atoms with Gasteiger partial charge < -0.3 is 15.8 Å². The number of nitrogen functional groups attached to an aromatic ring is 1. The number of esters is 1. The van der Waals surface area contributed by atoms with E-state index in [1.54, 1.807) is 37.5 Å². The number of para-hydroxylation sites is 1. The molecular formula is C13H14N4O2. The first-order valence-electron chi connectivity index (χ1n) is 5.80. The molecule has 6 heteroatoms. The smallest absolute Gasteiger partial charge is 0.340 e. The summed E-state index contributed by atoms with van der Waals surface area (Å²) in [5.74, 6) is -0.422. The zero-order chi connectivity index (χ0) is 13.7. The Morgan fingerprint density at radius 3 is 2.79 bits per heavy atom. The van der Waals surface area contributed by atoms with Gasteiger partial charge in [-0.2, -0.15) is 0 Å². The van der Waals surface area contributed by atoms with Gasteiger partial charge in [-0.1, -0.05) is 6.07 Å². The van der Waals surface area contributed by atoms with E-state index in [2.05, 4.69) is 15.3 Å². The van der Waals surface area contributed by atoms with Gasteiger partial charge in [0.05, 0.1) is 41.6 Å². The molecule has 0 aliphatic rings. The van der Waals surface area contributed by atoms with E-state index in [9.17, 15) is 4.79 Å². The fourth-order valence-corrected chi connectivity index (χ4v) is 1.60. The van der Waals surface area contributed by atoms with Crippen LogP contribution in [0.15, 0.2) is 36.9 Å². The van der Waals surface area contributed by atoms with Crippen LogP contribution in [-0.4, -0.2) is 22.5 Å². The van der Waals surface area contributed by atoms with Gasteiger partial charge in [0.2, 0.25) is 0 Å². The number of hydrogen-bond acceptors (Lipinski definition) is 6. The van der Waals surface area contributed by atoms with Gasteiger partial charge >= 0.3 is 5.97 Å². The van der Waals surface area contributed by atoms with Gasteiger partial charge in [0.1, 0.15) is 6.33 Å². The number of hydrogen-bond donors (Lipinski definition) is 2. The lowest BCUT2D eigenvalue weighted by molar-refractivity contribution is 0.0527. The van der Waals surface area contributed by atoms with Crippen molar-refractivity contribution in [3.63, 3.8) is 0 Å². The molecule has 2 aromatic rings. The predicted octanol–water partition coefficient (Wildman–Crippen LogP) is 1.98. The molecule has 1 heterocycles. The van der Waals surface area contributed by atoms with Crippen LogP contribution in [0.2, 0.25) is 0 Å². The van der Waals surface area contributed by atoms with E-state index >= 15 is 0 Å². The van der Waals surface area contributed by atoms with Crippen molar-refractivity contribution in [2.75, 3.05) is 17.7 Å². The molecule has 19 heavy (non-hydrogen) atoms. The van der Waals surface area contributed by atoms with Crippen LogP contribution in [0.1, 0.15) is 17.3 Å². The number of benzene rings is 1. The molecule has 0 amide bonds. The van der Waals surface area contributed by atoms with Crippen LogP contribution >= 0.6 is 0 Å². The highest BCUT2D eigenvalue weighted by atomic mass is 16.5. The van der Waals surface area contributed by atoms with Crippen LogP contribution in [0.25, 0.3) is 0 Å². The molecule has 98 valence electrons. The number of ether oxygens (including phenoxy) is 1. The Labute approximate surface area is 110 Å². The SMILES string of the molecule is CCOC(=O)c1cccc(N)c1Nc1cncnc1. The van der Waals surface area contributed by atoms with Crippen molar-refractivity contribution in [1.82, 2.24) is 9.97 Å². The summed E-state index contributed by atoms with van der Waals surface area (Å²) < 4.78 is 5.00. The maximum Gasteiger partial charge on any atom is 0.340 e. The van der Waals surface area contributed by atoms with Crippen LogP contribution < -0.4 is 11.1 Å². The number of aromatic nitrogens is 2. The van der Waals surface area contributed by atoms with Crippen LogP contribution in [0.5, 0.6) is 0 Å². The molecule has 2 rings (SSSR count). The second kappa shape index (κ2) is 5.81. The lowest BCUT2D eigenvalue weighted by Crippen LogP contribution is -2.09. The highest BCUT2D eigenvalue weighted by Crippen LogP contribution is 2.27. The summed E-state index contributed by atoms with van der Waals surface area (Å²) in [6.07, 6.45) is 4.61. The van der Waals surface area contributed by atoms with Crippen molar-refractivity contribution in [3.05, 3.63) is 42.5 Å². The summed E-state index contributed by atoms with van der Waals surface area (Å²) in [6, 6.07) is 5.06. The monoisotopic (exact) mass is 258 g/mol. The molecule has 0 aliphatic carbocycles. The minimum atomic E-state index is -0.422. The lowest BCUT2D eigenvalue weighted by atomic mass is 10.1. The van der Waals surface area contributed by atoms with Gasteiger partial charge in [-0.15, -0.1) is 0 Å². The summed E-state index contributed by atoms with van der Waals surface area (Å²) in [5.41, 5.74) is 7.87. The first kappa shape index (κ1) is 12.8. The van der Waals surface area contributed by atoms with Gasteiger partial charge in [0, 0.05) is 0 Å². The van der Waals surface area contributed by atoms with Gasteiger partial charge in [0.25, 0.3) is 0 Å². The van der Waals surface area contributed by atoms with Crippen molar-refractivity contribution in [3.8, 4) is 0 Å². The van der Waals surface area contributed by atoms with Crippen molar-refractivity contribution in [2.24, 2.45) is 0 Å². The molecule has 0 spiro atoms. The number of nitrogens with one attached hydrogen (secondary N) is 1. The average molecular weight is 258 g/mol. The van der Waals surface area contributed by atoms with Crippen LogP contribution in [0.4, 0.5) is 17.1 Å². The Bertz CT molecular complexity index is 572. The first-order chi connectivity index (χ1) is 9.22. The highest BCUT2D eigenvalue weighted by molar-refractivity contribution is 5.99. The van der Waals surface area contributed by atoms with Gasteiger partial charge in [0.15, 0.2) is 0 Å². The molecule has 0 unspecified atom stereocenters. The van der Waals surface area contributed by atoms with E-state index in [-0.39, 0.29) is 0 Å². The largest absolute Gasteiger partial charge is 0.462 e. The number of carbonyl (C=O) groups excluding carboxylic acids is 1. The molecule has 0 radical (unpaired) electrons. The molecule has 0 atom stereocenters. The Hall–Kier alpha value is -2.63. The Balaban J connectivity index is 2.36. The van der Waals surface area contributed by atoms with Gasteiger partial charge in [-0.25, -0.2) is 14.8 Å². The van der Waals surface area contributed by atoms with E-state index in [4.69, 9.17) is 10.5 Å². The van der Waals surface area contributed by atoms with Crippen molar-refractivity contribution < 1.29 is 9.53 Å². The number of nitrogens with two attached hydrogens (primary N) is 1. The van der Waals surface area contributed by atoms with Crippen molar-refractivity contribution in [1.29, 1.82) is 0 Å². The molecule has 1 aromatic carbocycles. The molecule has 3 N–H and O–H groups in total. The second-order valence-electron chi connectivity index (χ2n) is 3.74. The number of carbonyl (C=O) groups is 1. The fourth-order valence-electron chi connectivity index (χ4n) is 1.60. The summed E-state index contributed by atoms with van der Waals surface area (Å²) in [7, 11) is 0. The van der Waals surface area contributed by atoms with E-state index in [1.165, 1.54) is 6.33 Å². The predicted molar refractivity (Wildman–Crippen MR) is 72.1 cm³/mol. The number of rotatable bonds is 4. The highest BCUT2D eigenvalue weighted by Gasteiger charge is 2.15. The normalized spacial score (nSPS) is 9.95. The van der Waals surface area contributed by atoms with E-state index in [1.807, 2.05) is 0 Å². The van der Waals surface area contributed by atoms with Crippen LogP contribution in [0.3, 0.4) is 0 Å². The lowest BCUT2D eigenvalue weighted by Gasteiger charge is -2.13. The molecule has 0 saturated heterocycles. The quantitative estimate of drug-likeness (QED) is 0.643. The van der Waals surface area contributed by atoms with Crippen molar-refractivity contribution >= 4 is 23.0 Å². The van der Waals surface area contributed by atoms with Gasteiger partial charge in [-0.3, -0.25) is 0 Å². The summed E-state index contributed by atoms with van der Waals surface area (Å²) in [6.45, 7) is 2.06. The first-order valence-corrected chi connectivity index (χ1v) is 5.80. The summed E-state index contributed by atoms with van der Waals surface area (Å²) >= 11 is 0. The zero-order valence-corrected chi connectivity index (χ0v) is 10.5. The van der Waals surface area contributed by atoms with Gasteiger partial charge in [-0.05, 0) is 19.1 Å². The van der Waals surface area contributed by atoms with Crippen molar-refractivity contribution in [2.45, 2.75) is 6.92 Å². The summed E-state index contributed by atoms with van der Waals surface area (Å²) in [5, 5.41) is 3.03. The third kappa shape index (κ3) is 2.98. The molecule has 0 saturated carbocycles. The third-order valence-electron chi connectivity index (χ3n) is 2.42. The Morgan fingerprint density at radius 1 is 1.37 bits per heavy atom.